The minimum absolute atomic E-state index is 0.0325. The molecule has 4 aromatic rings. The number of pyridine rings is 1. The summed E-state index contributed by atoms with van der Waals surface area (Å²) in [5, 5.41) is 14.8. The van der Waals surface area contributed by atoms with Crippen LogP contribution >= 0.6 is 0 Å². The van der Waals surface area contributed by atoms with Gasteiger partial charge in [-0.2, -0.15) is 0 Å². The zero-order chi connectivity index (χ0) is 29.1. The molecule has 0 aliphatic carbocycles. The molecular formula is C28H27N7O7. The van der Waals surface area contributed by atoms with Crippen LogP contribution in [0.5, 0.6) is 5.88 Å². The number of nitrogens with one attached hydrogen (secondary N) is 2. The van der Waals surface area contributed by atoms with Gasteiger partial charge in [0, 0.05) is 12.7 Å². The summed E-state index contributed by atoms with van der Waals surface area (Å²) in [5.41, 5.74) is 1.69. The van der Waals surface area contributed by atoms with Crippen LogP contribution in [-0.4, -0.2) is 79.4 Å². The minimum Gasteiger partial charge on any atom is -0.477 e. The number of carboxylic acids is 1. The van der Waals surface area contributed by atoms with E-state index in [1.165, 1.54) is 31.0 Å². The van der Waals surface area contributed by atoms with Crippen molar-refractivity contribution in [2.45, 2.75) is 37.8 Å². The molecular weight excluding hydrogens is 546 g/mol. The smallest absolute Gasteiger partial charge is 0.341 e. The number of rotatable bonds is 9. The maximum atomic E-state index is 12.1. The normalized spacial score (nSPS) is 23.2. The molecule has 5 heterocycles. The summed E-state index contributed by atoms with van der Waals surface area (Å²) in [7, 11) is 0. The molecule has 5 atom stereocenters. The van der Waals surface area contributed by atoms with E-state index in [9.17, 15) is 14.7 Å². The van der Waals surface area contributed by atoms with Gasteiger partial charge in [-0.25, -0.2) is 29.5 Å². The first-order valence-corrected chi connectivity index (χ1v) is 13.2. The van der Waals surface area contributed by atoms with Crippen molar-refractivity contribution < 1.29 is 33.6 Å². The largest absolute Gasteiger partial charge is 0.477 e. The van der Waals surface area contributed by atoms with Crippen molar-refractivity contribution in [2.24, 2.45) is 0 Å². The van der Waals surface area contributed by atoms with E-state index in [0.717, 1.165) is 5.56 Å². The molecule has 0 saturated carbocycles. The number of urea groups is 1. The first-order chi connectivity index (χ1) is 20.5. The maximum Gasteiger partial charge on any atom is 0.341 e. The molecule has 2 saturated heterocycles. The van der Waals surface area contributed by atoms with Crippen LogP contribution in [0, 0.1) is 0 Å². The highest BCUT2D eigenvalue weighted by Gasteiger charge is 2.53. The quantitative estimate of drug-likeness (QED) is 0.269. The average Bonchev–Trinajstić information content (AvgIpc) is 3.70. The standard InChI is InChI=1S/C28H27N7O7/c1-2-29-28(38)34-23-20-24(32-14-31-23)35(15-33-20)26-22-21(41-19(42-22)11-10-16-7-4-3-5-8-16)18(40-26)13-39-25-17(27(36)37)9-6-12-30-25/h3-12,14-15,18-19,21-22,26H,2,13H2,1H3,(H,36,37)(H2,29,31,32,34,38)/t18?,19-,21?,22?,26?/m0/s1. The molecule has 2 amide bonds. The van der Waals surface area contributed by atoms with Gasteiger partial charge in [0.2, 0.25) is 5.88 Å². The topological polar surface area (TPSA) is 172 Å². The second-order valence-electron chi connectivity index (χ2n) is 9.41. The SMILES string of the molecule is CCNC(=O)Nc1ncnc2c1ncn2C1OC(COc2ncccc2C(=O)O)C2O[C@H](C=Cc3ccccc3)OC21. The first-order valence-electron chi connectivity index (χ1n) is 13.2. The number of aromatic carboxylic acids is 1. The van der Waals surface area contributed by atoms with Gasteiger partial charge >= 0.3 is 12.0 Å². The number of ether oxygens (including phenoxy) is 4. The number of imidazole rings is 1. The van der Waals surface area contributed by atoms with Gasteiger partial charge in [0.1, 0.15) is 36.8 Å². The number of fused-ring (bicyclic) bond motifs is 2. The number of hydrogen-bond donors (Lipinski definition) is 3. The second kappa shape index (κ2) is 11.9. The molecule has 0 spiro atoms. The summed E-state index contributed by atoms with van der Waals surface area (Å²) in [5.74, 6) is -0.952. The molecule has 216 valence electrons. The fourth-order valence-electron chi connectivity index (χ4n) is 4.83. The van der Waals surface area contributed by atoms with Crippen LogP contribution < -0.4 is 15.4 Å². The Kier molecular flexibility index (Phi) is 7.72. The van der Waals surface area contributed by atoms with Crippen molar-refractivity contribution in [3.63, 3.8) is 0 Å². The Morgan fingerprint density at radius 2 is 1.88 bits per heavy atom. The summed E-state index contributed by atoms with van der Waals surface area (Å²) < 4.78 is 26.4. The second-order valence-corrected chi connectivity index (χ2v) is 9.41. The van der Waals surface area contributed by atoms with Gasteiger partial charge in [-0.15, -0.1) is 0 Å². The van der Waals surface area contributed by atoms with Crippen LogP contribution in [-0.2, 0) is 14.2 Å². The Labute approximate surface area is 239 Å². The summed E-state index contributed by atoms with van der Waals surface area (Å²) in [4.78, 5) is 40.8. The molecule has 1 aromatic carbocycles. The molecule has 14 nitrogen and oxygen atoms in total. The highest BCUT2D eigenvalue weighted by Crippen LogP contribution is 2.41. The number of anilines is 1. The molecule has 2 fully saturated rings. The van der Waals surface area contributed by atoms with E-state index < -0.39 is 42.8 Å². The Hall–Kier alpha value is -4.92. The summed E-state index contributed by atoms with van der Waals surface area (Å²) in [6, 6.07) is 12.2. The number of benzene rings is 1. The molecule has 0 radical (unpaired) electrons. The molecule has 2 aliphatic rings. The molecule has 6 rings (SSSR count). The number of carboxylic acid groups (broad SMARTS) is 1. The van der Waals surface area contributed by atoms with Crippen LogP contribution in [0.2, 0.25) is 0 Å². The lowest BCUT2D eigenvalue weighted by Crippen LogP contribution is -2.33. The summed E-state index contributed by atoms with van der Waals surface area (Å²) in [6.45, 7) is 2.19. The van der Waals surface area contributed by atoms with Gasteiger partial charge in [-0.1, -0.05) is 36.4 Å². The van der Waals surface area contributed by atoms with Crippen LogP contribution in [0.4, 0.5) is 10.6 Å². The average molecular weight is 574 g/mol. The van der Waals surface area contributed by atoms with E-state index >= 15 is 0 Å². The van der Waals surface area contributed by atoms with Gasteiger partial charge in [-0.3, -0.25) is 9.88 Å². The van der Waals surface area contributed by atoms with E-state index in [0.29, 0.717) is 17.7 Å². The zero-order valence-electron chi connectivity index (χ0n) is 22.4. The lowest BCUT2D eigenvalue weighted by molar-refractivity contribution is -0.131. The number of hydrogen-bond acceptors (Lipinski definition) is 10. The third-order valence-electron chi connectivity index (χ3n) is 6.70. The minimum atomic E-state index is -1.16. The third kappa shape index (κ3) is 5.50. The molecule has 3 aromatic heterocycles. The van der Waals surface area contributed by atoms with E-state index in [2.05, 4.69) is 30.6 Å². The number of aromatic nitrogens is 5. The summed E-state index contributed by atoms with van der Waals surface area (Å²) in [6.07, 6.45) is 4.76. The summed E-state index contributed by atoms with van der Waals surface area (Å²) >= 11 is 0. The van der Waals surface area contributed by atoms with E-state index in [1.54, 1.807) is 11.5 Å². The number of amides is 2. The highest BCUT2D eigenvalue weighted by molar-refractivity contribution is 5.95. The lowest BCUT2D eigenvalue weighted by Gasteiger charge is -2.20. The predicted molar refractivity (Wildman–Crippen MR) is 148 cm³/mol. The van der Waals surface area contributed by atoms with Crippen molar-refractivity contribution in [3.8, 4) is 5.88 Å². The monoisotopic (exact) mass is 573 g/mol. The Morgan fingerprint density at radius 1 is 1.05 bits per heavy atom. The number of carbonyl (C=O) groups excluding carboxylic acids is 1. The van der Waals surface area contributed by atoms with Gasteiger partial charge < -0.3 is 29.4 Å². The van der Waals surface area contributed by atoms with Crippen molar-refractivity contribution in [1.29, 1.82) is 0 Å². The molecule has 42 heavy (non-hydrogen) atoms. The highest BCUT2D eigenvalue weighted by atomic mass is 16.8. The molecule has 4 unspecified atom stereocenters. The van der Waals surface area contributed by atoms with Crippen molar-refractivity contribution in [2.75, 3.05) is 18.5 Å². The Balaban J connectivity index is 1.28. The van der Waals surface area contributed by atoms with Crippen LogP contribution in [0.15, 0.2) is 67.4 Å². The number of carbonyl (C=O) groups is 2. The molecule has 14 heteroatoms. The predicted octanol–water partition coefficient (Wildman–Crippen LogP) is 2.86. The fourth-order valence-corrected chi connectivity index (χ4v) is 4.83. The Morgan fingerprint density at radius 3 is 2.69 bits per heavy atom. The van der Waals surface area contributed by atoms with Crippen LogP contribution in [0.3, 0.4) is 0 Å². The zero-order valence-corrected chi connectivity index (χ0v) is 22.4. The molecule has 3 N–H and O–H groups in total. The maximum absolute atomic E-state index is 12.1. The number of nitrogens with zero attached hydrogens (tertiary/aromatic N) is 5. The van der Waals surface area contributed by atoms with Gasteiger partial charge in [0.25, 0.3) is 0 Å². The first kappa shape index (κ1) is 27.3. The van der Waals surface area contributed by atoms with Crippen LogP contribution in [0.25, 0.3) is 17.2 Å². The van der Waals surface area contributed by atoms with Crippen molar-refractivity contribution >= 4 is 35.1 Å². The van der Waals surface area contributed by atoms with Crippen LogP contribution in [0.1, 0.15) is 29.1 Å². The fraction of sp³-hybridized carbons (Fsp3) is 0.286. The van der Waals surface area contributed by atoms with Crippen molar-refractivity contribution in [3.05, 3.63) is 78.5 Å². The van der Waals surface area contributed by atoms with Gasteiger partial charge in [0.05, 0.1) is 6.33 Å². The Bertz CT molecular complexity index is 1610. The molecule has 0 bridgehead atoms. The molecule has 2 aliphatic heterocycles. The van der Waals surface area contributed by atoms with Crippen molar-refractivity contribution in [1.82, 2.24) is 29.8 Å². The lowest BCUT2D eigenvalue weighted by atomic mass is 10.1. The van der Waals surface area contributed by atoms with E-state index in [1.807, 2.05) is 42.5 Å². The van der Waals surface area contributed by atoms with E-state index in [-0.39, 0.29) is 23.9 Å². The van der Waals surface area contributed by atoms with E-state index in [4.69, 9.17) is 18.9 Å². The third-order valence-corrected chi connectivity index (χ3v) is 6.70. The van der Waals surface area contributed by atoms with Gasteiger partial charge in [0.15, 0.2) is 29.5 Å². The van der Waals surface area contributed by atoms with Gasteiger partial charge in [-0.05, 0) is 30.7 Å².